The lowest BCUT2D eigenvalue weighted by molar-refractivity contribution is -0.143. The van der Waals surface area contributed by atoms with E-state index in [1.54, 1.807) is 0 Å². The third-order valence-corrected chi connectivity index (χ3v) is 9.10. The van der Waals surface area contributed by atoms with Gasteiger partial charge in [0, 0.05) is 30.1 Å². The summed E-state index contributed by atoms with van der Waals surface area (Å²) >= 11 is 11.5. The van der Waals surface area contributed by atoms with Crippen LogP contribution in [0.15, 0.2) is 0 Å². The van der Waals surface area contributed by atoms with Crippen LogP contribution < -0.4 is 0 Å². The largest absolute Gasteiger partial charge is 0.466 e. The molecule has 0 aliphatic carbocycles. The number of carbonyl (C=O) groups is 2. The fourth-order valence-electron chi connectivity index (χ4n) is 4.92. The molecule has 304 valence electrons. The molecule has 0 saturated carbocycles. The van der Waals surface area contributed by atoms with Gasteiger partial charge in [-0.15, -0.1) is 0 Å². The van der Waals surface area contributed by atoms with E-state index in [0.29, 0.717) is 26.1 Å². The highest BCUT2D eigenvalue weighted by Gasteiger charge is 2.01. The Morgan fingerprint density at radius 3 is 1.06 bits per heavy atom. The van der Waals surface area contributed by atoms with Crippen LogP contribution in [-0.2, 0) is 24.7 Å². The number of aliphatic hydroxyl groups excluding tert-OH is 1. The van der Waals surface area contributed by atoms with Gasteiger partial charge in [0.05, 0.1) is 6.61 Å². The fourth-order valence-corrected chi connectivity index (χ4v) is 5.62. The van der Waals surface area contributed by atoms with Crippen LogP contribution in [0, 0.1) is 0 Å². The lowest BCUT2D eigenvalue weighted by Crippen LogP contribution is -2.05. The van der Waals surface area contributed by atoms with E-state index in [1.165, 1.54) is 154 Å². The van der Waals surface area contributed by atoms with Gasteiger partial charge in [-0.25, -0.2) is 0 Å². The van der Waals surface area contributed by atoms with Gasteiger partial charge in [0.25, 0.3) is 0 Å². The molecule has 0 saturated heterocycles. The number of hydrogen-bond acceptors (Lipinski definition) is 6. The Labute approximate surface area is 330 Å². The summed E-state index contributed by atoms with van der Waals surface area (Å²) in [6.45, 7) is 5.53. The van der Waals surface area contributed by atoms with Crippen LogP contribution >= 0.6 is 43.5 Å². The molecule has 0 fully saturated rings. The molecule has 0 aromatic heterocycles. The zero-order chi connectivity index (χ0) is 38.4. The molecule has 0 spiro atoms. The maximum Gasteiger partial charge on any atom is 0.394 e. The summed E-state index contributed by atoms with van der Waals surface area (Å²) in [5.74, 6) is -0.0432. The van der Waals surface area contributed by atoms with Crippen molar-refractivity contribution in [1.82, 2.24) is 0 Å². The van der Waals surface area contributed by atoms with Crippen molar-refractivity contribution in [1.29, 1.82) is 0 Å². The maximum absolute atomic E-state index is 11.3. The predicted octanol–water partition coefficient (Wildman–Crippen LogP) is 13.1. The molecule has 50 heavy (non-hydrogen) atoms. The van der Waals surface area contributed by atoms with E-state index in [-0.39, 0.29) is 11.2 Å². The molecule has 0 rings (SSSR count). The van der Waals surface area contributed by atoms with E-state index in [0.717, 1.165) is 36.3 Å². The second-order valence-electron chi connectivity index (χ2n) is 12.8. The van der Waals surface area contributed by atoms with Gasteiger partial charge in [0.1, 0.15) is 0 Å². The first-order valence-corrected chi connectivity index (χ1v) is 23.8. The van der Waals surface area contributed by atoms with Gasteiger partial charge >= 0.3 is 16.4 Å². The number of alkyl halides is 2. The summed E-state index contributed by atoms with van der Waals surface area (Å²) in [4.78, 5) is 21.2. The standard InChI is InChI=1S/C19H37BrO2.C15H32O.C4H6BrClO.H2O4S/c1-2-3-4-5-6-7-8-9-10-11-12-13-14-18-22-19(21)16-15-17-20;1-2-3-4-5-6-7-8-9-10-11-12-13-14-15-16;5-3-1-2-4(6)7;1-5(2,3)4/h2-18H2,1H3;16H,2-15H2,1H3;1-3H2;(H2,1,2,3,4). The molecule has 8 nitrogen and oxygen atoms in total. The molecule has 0 bridgehead atoms. The molecule has 0 aliphatic rings. The lowest BCUT2D eigenvalue weighted by atomic mass is 10.0. The molecule has 12 heteroatoms. The summed E-state index contributed by atoms with van der Waals surface area (Å²) in [5.41, 5.74) is 0. The van der Waals surface area contributed by atoms with Crippen molar-refractivity contribution in [2.24, 2.45) is 0 Å². The average molecular weight is 889 g/mol. The van der Waals surface area contributed by atoms with Crippen molar-refractivity contribution in [3.63, 3.8) is 0 Å². The van der Waals surface area contributed by atoms with Gasteiger partial charge in [0.15, 0.2) is 0 Å². The molecule has 0 atom stereocenters. The van der Waals surface area contributed by atoms with Gasteiger partial charge in [-0.1, -0.05) is 200 Å². The Morgan fingerprint density at radius 2 is 0.800 bits per heavy atom. The molecular weight excluding hydrogens is 812 g/mol. The monoisotopic (exact) mass is 886 g/mol. The number of ether oxygens (including phenoxy) is 1. The molecule has 0 heterocycles. The van der Waals surface area contributed by atoms with Crippen LogP contribution in [0.25, 0.3) is 0 Å². The maximum atomic E-state index is 11.3. The quantitative estimate of drug-likeness (QED) is 0.0195. The summed E-state index contributed by atoms with van der Waals surface area (Å²) in [7, 11) is -4.67. The number of esters is 1. The molecule has 0 unspecified atom stereocenters. The molecule has 0 aliphatic heterocycles. The molecule has 0 radical (unpaired) electrons. The second-order valence-corrected chi connectivity index (χ2v) is 15.7. The van der Waals surface area contributed by atoms with Gasteiger partial charge in [-0.3, -0.25) is 18.7 Å². The van der Waals surface area contributed by atoms with E-state index in [2.05, 4.69) is 45.7 Å². The Kier molecular flexibility index (Phi) is 58.5. The van der Waals surface area contributed by atoms with Crippen LogP contribution in [0.5, 0.6) is 0 Å². The van der Waals surface area contributed by atoms with Crippen LogP contribution in [0.3, 0.4) is 0 Å². The Hall–Kier alpha value is 0.220. The first-order valence-electron chi connectivity index (χ1n) is 19.8. The predicted molar refractivity (Wildman–Crippen MR) is 221 cm³/mol. The van der Waals surface area contributed by atoms with E-state index >= 15 is 0 Å². The van der Waals surface area contributed by atoms with Crippen molar-refractivity contribution in [2.75, 3.05) is 23.9 Å². The van der Waals surface area contributed by atoms with E-state index in [9.17, 15) is 9.59 Å². The molecular formula is C38H77Br2ClO8S. The van der Waals surface area contributed by atoms with Crippen LogP contribution in [0.2, 0.25) is 0 Å². The van der Waals surface area contributed by atoms with Crippen molar-refractivity contribution >= 4 is 65.1 Å². The smallest absolute Gasteiger partial charge is 0.394 e. The van der Waals surface area contributed by atoms with Crippen molar-refractivity contribution in [3.05, 3.63) is 0 Å². The zero-order valence-electron chi connectivity index (χ0n) is 32.0. The second kappa shape index (κ2) is 51.3. The number of hydrogen-bond donors (Lipinski definition) is 3. The van der Waals surface area contributed by atoms with Gasteiger partial charge in [-0.05, 0) is 37.3 Å². The fraction of sp³-hybridized carbons (Fsp3) is 0.947. The van der Waals surface area contributed by atoms with Crippen molar-refractivity contribution in [3.8, 4) is 0 Å². The Balaban J connectivity index is -0.000000327. The number of aliphatic hydroxyl groups is 1. The highest BCUT2D eigenvalue weighted by molar-refractivity contribution is 9.09. The Morgan fingerprint density at radius 1 is 0.520 bits per heavy atom. The number of rotatable bonds is 33. The topological polar surface area (TPSA) is 138 Å². The first kappa shape index (κ1) is 57.0. The summed E-state index contributed by atoms with van der Waals surface area (Å²) in [6.07, 6.45) is 38.0. The highest BCUT2D eigenvalue weighted by Crippen LogP contribution is 2.13. The normalized spacial score (nSPS) is 10.6. The van der Waals surface area contributed by atoms with E-state index in [1.807, 2.05) is 0 Å². The third-order valence-electron chi connectivity index (χ3n) is 7.79. The molecule has 3 N–H and O–H groups in total. The van der Waals surface area contributed by atoms with Gasteiger partial charge in [-0.2, -0.15) is 8.42 Å². The van der Waals surface area contributed by atoms with Crippen LogP contribution in [0.1, 0.15) is 206 Å². The zero-order valence-corrected chi connectivity index (χ0v) is 36.7. The average Bonchev–Trinajstić information content (AvgIpc) is 3.07. The number of carbonyl (C=O) groups excluding carboxylic acids is 2. The number of halogens is 3. The van der Waals surface area contributed by atoms with Crippen molar-refractivity contribution in [2.45, 2.75) is 206 Å². The summed E-state index contributed by atoms with van der Waals surface area (Å²) in [6, 6.07) is 0. The molecule has 0 aromatic rings. The van der Waals surface area contributed by atoms with Crippen molar-refractivity contribution < 1.29 is 37.0 Å². The molecule has 0 amide bonds. The summed E-state index contributed by atoms with van der Waals surface area (Å²) in [5, 5.41) is 10.1. The van der Waals surface area contributed by atoms with Crippen LogP contribution in [0.4, 0.5) is 0 Å². The summed E-state index contributed by atoms with van der Waals surface area (Å²) < 4.78 is 36.8. The lowest BCUT2D eigenvalue weighted by Gasteiger charge is -2.05. The minimum atomic E-state index is -4.67. The highest BCUT2D eigenvalue weighted by atomic mass is 79.9. The number of unbranched alkanes of at least 4 members (excludes halogenated alkanes) is 24. The van der Waals surface area contributed by atoms with Crippen LogP contribution in [-0.4, -0.2) is 57.7 Å². The van der Waals surface area contributed by atoms with Gasteiger partial charge in [0.2, 0.25) is 5.24 Å². The third kappa shape index (κ3) is 77.6. The minimum absolute atomic E-state index is 0.0432. The minimum Gasteiger partial charge on any atom is -0.466 e. The van der Waals surface area contributed by atoms with E-state index in [4.69, 9.17) is 39.0 Å². The molecule has 0 aromatic carbocycles. The van der Waals surface area contributed by atoms with Gasteiger partial charge < -0.3 is 9.84 Å². The first-order chi connectivity index (χ1) is 24.0. The Bertz CT molecular complexity index is 739. The SMILES string of the molecule is CCCCCCCCCCCCCCCO.CCCCCCCCCCCCCCCOC(=O)CCCBr.O=C(Cl)CCCBr.O=S(=O)(O)O. The van der Waals surface area contributed by atoms with E-state index < -0.39 is 10.4 Å².